The number of carboxylic acid groups (broad SMARTS) is 1. The highest BCUT2D eigenvalue weighted by Gasteiger charge is 2.25. The van der Waals surface area contributed by atoms with Crippen LogP contribution in [0.15, 0.2) is 59.7 Å². The minimum Gasteiger partial charge on any atom is -0.493 e. The van der Waals surface area contributed by atoms with Gasteiger partial charge in [-0.2, -0.15) is 0 Å². The van der Waals surface area contributed by atoms with Crippen molar-refractivity contribution < 1.29 is 19.4 Å². The molecule has 4 aromatic rings. The Morgan fingerprint density at radius 2 is 1.93 bits per heavy atom. The maximum absolute atomic E-state index is 12.8. The molecule has 0 saturated heterocycles. The van der Waals surface area contributed by atoms with Gasteiger partial charge in [-0.15, -0.1) is 9.78 Å². The molecular formula is C27H30N8O5. The van der Waals surface area contributed by atoms with Gasteiger partial charge in [-0.25, -0.2) is 14.8 Å². The highest BCUT2D eigenvalue weighted by Crippen LogP contribution is 2.38. The first-order valence-electron chi connectivity index (χ1n) is 12.5. The van der Waals surface area contributed by atoms with E-state index in [1.807, 2.05) is 18.2 Å². The summed E-state index contributed by atoms with van der Waals surface area (Å²) >= 11 is 0. The molecule has 0 fully saturated rings. The molecule has 13 heteroatoms. The molecule has 0 amide bonds. The van der Waals surface area contributed by atoms with Crippen LogP contribution < -0.4 is 26.2 Å². The average molecular weight is 547 g/mol. The van der Waals surface area contributed by atoms with Gasteiger partial charge >= 0.3 is 5.69 Å². The van der Waals surface area contributed by atoms with Crippen LogP contribution in [-0.2, 0) is 11.2 Å². The van der Waals surface area contributed by atoms with Crippen molar-refractivity contribution in [3.8, 4) is 17.4 Å². The second-order valence-corrected chi connectivity index (χ2v) is 8.88. The van der Waals surface area contributed by atoms with Crippen molar-refractivity contribution in [3.05, 3.63) is 87.9 Å². The van der Waals surface area contributed by atoms with E-state index >= 15 is 0 Å². The van der Waals surface area contributed by atoms with Crippen LogP contribution in [0.2, 0.25) is 0 Å². The van der Waals surface area contributed by atoms with Gasteiger partial charge in [0.05, 0.1) is 13.7 Å². The number of benzene rings is 2. The Labute approximate surface area is 229 Å². The summed E-state index contributed by atoms with van der Waals surface area (Å²) in [6.45, 7) is 1.72. The number of aromatic amines is 1. The number of carboxylic acids is 1. The SMILES string of the molecule is CC(=O)O.COc1cc([C@H](Nc2ccc(C(=N)N)cc2)c2nn(-c3ncccn3)c(=O)[nH]2)cc2c1OCCCC2. The molecule has 40 heavy (non-hydrogen) atoms. The van der Waals surface area contributed by atoms with Crippen molar-refractivity contribution in [1.82, 2.24) is 24.7 Å². The van der Waals surface area contributed by atoms with Gasteiger partial charge in [0.15, 0.2) is 17.3 Å². The summed E-state index contributed by atoms with van der Waals surface area (Å²) in [6, 6.07) is 12.2. The molecule has 0 radical (unpaired) electrons. The van der Waals surface area contributed by atoms with Crippen molar-refractivity contribution in [1.29, 1.82) is 5.41 Å². The van der Waals surface area contributed by atoms with Crippen molar-refractivity contribution in [2.24, 2.45) is 5.73 Å². The van der Waals surface area contributed by atoms with Crippen LogP contribution in [0.5, 0.6) is 11.5 Å². The number of H-pyrrole nitrogens is 1. The van der Waals surface area contributed by atoms with Gasteiger partial charge in [-0.3, -0.25) is 15.2 Å². The lowest BCUT2D eigenvalue weighted by molar-refractivity contribution is -0.134. The Balaban J connectivity index is 0.000000867. The van der Waals surface area contributed by atoms with E-state index in [-0.39, 0.29) is 11.8 Å². The number of nitrogens with one attached hydrogen (secondary N) is 3. The van der Waals surface area contributed by atoms with Crippen molar-refractivity contribution in [3.63, 3.8) is 0 Å². The molecule has 1 atom stereocenters. The third-order valence-electron chi connectivity index (χ3n) is 5.95. The third-order valence-corrected chi connectivity index (χ3v) is 5.95. The van der Waals surface area contributed by atoms with E-state index in [0.717, 1.165) is 53.4 Å². The highest BCUT2D eigenvalue weighted by molar-refractivity contribution is 5.95. The van der Waals surface area contributed by atoms with Gasteiger partial charge in [0, 0.05) is 30.6 Å². The Morgan fingerprint density at radius 1 is 1.23 bits per heavy atom. The second kappa shape index (κ2) is 12.6. The summed E-state index contributed by atoms with van der Waals surface area (Å²) in [4.78, 5) is 32.9. The van der Waals surface area contributed by atoms with Crippen LogP contribution >= 0.6 is 0 Å². The molecule has 0 spiro atoms. The molecule has 0 unspecified atom stereocenters. The van der Waals surface area contributed by atoms with Crippen LogP contribution in [0.4, 0.5) is 5.69 Å². The normalized spacial score (nSPS) is 12.9. The summed E-state index contributed by atoms with van der Waals surface area (Å²) in [6.07, 6.45) is 5.91. The first-order valence-corrected chi connectivity index (χ1v) is 12.5. The van der Waals surface area contributed by atoms with Gasteiger partial charge < -0.3 is 25.6 Å². The predicted molar refractivity (Wildman–Crippen MR) is 147 cm³/mol. The number of aryl methyl sites for hydroxylation is 1. The van der Waals surface area contributed by atoms with E-state index in [4.69, 9.17) is 30.5 Å². The number of aromatic nitrogens is 5. The predicted octanol–water partition coefficient (Wildman–Crippen LogP) is 2.65. The molecule has 2 aromatic heterocycles. The number of methoxy groups -OCH3 is 1. The first kappa shape index (κ1) is 27.8. The summed E-state index contributed by atoms with van der Waals surface area (Å²) in [5.74, 6) is 1.07. The minimum atomic E-state index is -0.833. The number of amidine groups is 1. The van der Waals surface area contributed by atoms with Crippen molar-refractivity contribution >= 4 is 17.5 Å². The number of nitrogens with two attached hydrogens (primary N) is 1. The standard InChI is InChI=1S/C25H26N8O3.C2H4O2/c1-35-19-14-17(13-16-5-2-3-12-36-21(16)19)20(30-18-8-6-15(7-9-18)22(26)27)23-31-25(34)33(32-23)24-28-10-4-11-29-24;1-2(3)4/h4,6-11,13-14,20,30H,2-3,5,12H2,1H3,(H3,26,27)(H,31,32,34);1H3,(H,3,4)/t20-;/m0./s1. The van der Waals surface area contributed by atoms with E-state index < -0.39 is 17.7 Å². The van der Waals surface area contributed by atoms with Gasteiger partial charge in [0.25, 0.3) is 11.9 Å². The molecule has 0 aliphatic carbocycles. The lowest BCUT2D eigenvalue weighted by Crippen LogP contribution is -2.18. The van der Waals surface area contributed by atoms with Crippen LogP contribution in [0, 0.1) is 5.41 Å². The second-order valence-electron chi connectivity index (χ2n) is 8.88. The molecular weight excluding hydrogens is 516 g/mol. The van der Waals surface area contributed by atoms with Crippen LogP contribution in [0.3, 0.4) is 0 Å². The number of anilines is 1. The van der Waals surface area contributed by atoms with Gasteiger partial charge in [0.2, 0.25) is 0 Å². The van der Waals surface area contributed by atoms with Gasteiger partial charge in [-0.1, -0.05) is 0 Å². The zero-order valence-electron chi connectivity index (χ0n) is 22.0. The van der Waals surface area contributed by atoms with E-state index in [1.165, 1.54) is 0 Å². The number of nitrogens with zero attached hydrogens (tertiary/aromatic N) is 4. The largest absolute Gasteiger partial charge is 0.493 e. The number of fused-ring (bicyclic) bond motifs is 1. The molecule has 3 heterocycles. The zero-order valence-corrected chi connectivity index (χ0v) is 22.0. The van der Waals surface area contributed by atoms with E-state index in [0.29, 0.717) is 23.7 Å². The van der Waals surface area contributed by atoms with E-state index in [9.17, 15) is 4.79 Å². The maximum atomic E-state index is 12.8. The number of aliphatic carboxylic acids is 1. The summed E-state index contributed by atoms with van der Waals surface area (Å²) < 4.78 is 12.8. The number of hydrogen-bond acceptors (Lipinski definition) is 9. The third kappa shape index (κ3) is 6.62. The topological polar surface area (TPSA) is 194 Å². The molecule has 1 aliphatic heterocycles. The lowest BCUT2D eigenvalue weighted by atomic mass is 9.98. The number of carbonyl (C=O) groups is 1. The van der Waals surface area contributed by atoms with Gasteiger partial charge in [0.1, 0.15) is 11.9 Å². The van der Waals surface area contributed by atoms with Crippen molar-refractivity contribution in [2.75, 3.05) is 19.0 Å². The van der Waals surface area contributed by atoms with Crippen LogP contribution in [0.1, 0.15) is 48.3 Å². The molecule has 208 valence electrons. The van der Waals surface area contributed by atoms with Crippen LogP contribution in [0.25, 0.3) is 5.95 Å². The number of ether oxygens (including phenoxy) is 2. The van der Waals surface area contributed by atoms with Crippen molar-refractivity contribution in [2.45, 2.75) is 32.2 Å². The van der Waals surface area contributed by atoms with Crippen LogP contribution in [-0.4, -0.2) is 55.4 Å². The Kier molecular flexibility index (Phi) is 8.74. The first-order chi connectivity index (χ1) is 19.3. The zero-order chi connectivity index (χ0) is 28.6. The highest BCUT2D eigenvalue weighted by atomic mass is 16.5. The Morgan fingerprint density at radius 3 is 2.58 bits per heavy atom. The summed E-state index contributed by atoms with van der Waals surface area (Å²) in [5.41, 5.74) is 8.38. The smallest absolute Gasteiger partial charge is 0.350 e. The lowest BCUT2D eigenvalue weighted by Gasteiger charge is -2.21. The van der Waals surface area contributed by atoms with Gasteiger partial charge in [-0.05, 0) is 72.9 Å². The quantitative estimate of drug-likeness (QED) is 0.170. The summed E-state index contributed by atoms with van der Waals surface area (Å²) in [5, 5.41) is 23.0. The minimum absolute atomic E-state index is 0.0143. The van der Waals surface area contributed by atoms with E-state index in [1.54, 1.807) is 37.7 Å². The fourth-order valence-electron chi connectivity index (χ4n) is 4.17. The molecule has 0 bridgehead atoms. The molecule has 1 aliphatic rings. The van der Waals surface area contributed by atoms with E-state index in [2.05, 4.69) is 31.4 Å². The Bertz CT molecular complexity index is 1530. The molecule has 0 saturated carbocycles. The maximum Gasteiger partial charge on any atom is 0.350 e. The number of rotatable bonds is 7. The average Bonchev–Trinajstić information content (AvgIpc) is 3.16. The fourth-order valence-corrected chi connectivity index (χ4v) is 4.17. The molecule has 13 nitrogen and oxygen atoms in total. The fraction of sp³-hybridized carbons (Fsp3) is 0.259. The molecule has 6 N–H and O–H groups in total. The summed E-state index contributed by atoms with van der Waals surface area (Å²) in [7, 11) is 1.61. The monoisotopic (exact) mass is 546 g/mol. The number of nitrogen functional groups attached to an aromatic ring is 1. The number of hydrogen-bond donors (Lipinski definition) is 5. The Hall–Kier alpha value is -5.20. The molecule has 5 rings (SSSR count). The molecule has 2 aromatic carbocycles.